The summed E-state index contributed by atoms with van der Waals surface area (Å²) in [6.45, 7) is 1.94. The fourth-order valence-corrected chi connectivity index (χ4v) is 4.04. The highest BCUT2D eigenvalue weighted by Gasteiger charge is 2.45. The van der Waals surface area contributed by atoms with Crippen LogP contribution in [0.15, 0.2) is 48.5 Å². The van der Waals surface area contributed by atoms with E-state index in [0.717, 1.165) is 23.5 Å². The molecule has 1 atom stereocenters. The summed E-state index contributed by atoms with van der Waals surface area (Å²) in [5.41, 5.74) is 4.08. The van der Waals surface area contributed by atoms with E-state index in [1.807, 2.05) is 36.4 Å². The number of amides is 2. The number of nitrogens with one attached hydrogen (secondary N) is 2. The van der Waals surface area contributed by atoms with Crippen LogP contribution in [-0.4, -0.2) is 36.7 Å². The average Bonchev–Trinajstić information content (AvgIpc) is 3.21. The lowest BCUT2D eigenvalue weighted by molar-refractivity contribution is -0.122. The molecule has 2 N–H and O–H groups in total. The van der Waals surface area contributed by atoms with Gasteiger partial charge in [-0.2, -0.15) is 5.01 Å². The Kier molecular flexibility index (Phi) is 3.44. The molecule has 26 heavy (non-hydrogen) atoms. The van der Waals surface area contributed by atoms with Crippen LogP contribution in [0, 0.1) is 0 Å². The van der Waals surface area contributed by atoms with E-state index in [-0.39, 0.29) is 18.4 Å². The van der Waals surface area contributed by atoms with Crippen molar-refractivity contribution in [2.24, 2.45) is 0 Å². The molecule has 0 radical (unpaired) electrons. The number of benzene rings is 2. The predicted molar refractivity (Wildman–Crippen MR) is 97.0 cm³/mol. The molecule has 7 nitrogen and oxygen atoms in total. The van der Waals surface area contributed by atoms with Gasteiger partial charge in [-0.3, -0.25) is 14.9 Å². The first kappa shape index (κ1) is 15.4. The van der Waals surface area contributed by atoms with Crippen molar-refractivity contribution >= 4 is 23.2 Å². The number of hydrogen-bond acceptors (Lipinski definition) is 5. The van der Waals surface area contributed by atoms with Gasteiger partial charge in [-0.1, -0.05) is 36.4 Å². The van der Waals surface area contributed by atoms with E-state index in [4.69, 9.17) is 0 Å². The number of carbonyl (C=O) groups is 2. The fraction of sp³-hybridized carbons (Fsp3) is 0.263. The minimum atomic E-state index is -0.407. The monoisotopic (exact) mass is 349 g/mol. The average molecular weight is 349 g/mol. The lowest BCUT2D eigenvalue weighted by atomic mass is 10.0. The highest BCUT2D eigenvalue weighted by atomic mass is 16.2. The van der Waals surface area contributed by atoms with Gasteiger partial charge in [0.05, 0.1) is 25.6 Å². The van der Waals surface area contributed by atoms with Crippen molar-refractivity contribution in [2.75, 3.05) is 29.8 Å². The van der Waals surface area contributed by atoms with Crippen molar-refractivity contribution in [2.45, 2.75) is 12.6 Å². The lowest BCUT2D eigenvalue weighted by Crippen LogP contribution is -2.49. The molecule has 0 bridgehead atoms. The maximum atomic E-state index is 13.4. The molecule has 132 valence electrons. The zero-order valence-corrected chi connectivity index (χ0v) is 14.2. The van der Waals surface area contributed by atoms with Crippen LogP contribution in [0.1, 0.15) is 17.2 Å². The first-order valence-corrected chi connectivity index (χ1v) is 8.74. The maximum Gasteiger partial charge on any atom is 0.269 e. The molecular weight excluding hydrogens is 330 g/mol. The third kappa shape index (κ3) is 2.21. The first-order valence-electron chi connectivity index (χ1n) is 8.74. The second kappa shape index (κ2) is 5.82. The molecule has 3 aliphatic rings. The van der Waals surface area contributed by atoms with Crippen LogP contribution < -0.4 is 20.5 Å². The van der Waals surface area contributed by atoms with Crippen LogP contribution in [0.2, 0.25) is 0 Å². The van der Waals surface area contributed by atoms with Crippen molar-refractivity contribution in [3.63, 3.8) is 0 Å². The molecule has 3 heterocycles. The largest absolute Gasteiger partial charge is 0.342 e. The number of para-hydroxylation sites is 2. The zero-order valence-electron chi connectivity index (χ0n) is 14.2. The van der Waals surface area contributed by atoms with Crippen LogP contribution >= 0.6 is 0 Å². The highest BCUT2D eigenvalue weighted by Crippen LogP contribution is 2.43. The van der Waals surface area contributed by atoms with E-state index in [0.29, 0.717) is 13.3 Å². The van der Waals surface area contributed by atoms with Gasteiger partial charge in [0, 0.05) is 17.8 Å². The van der Waals surface area contributed by atoms with Gasteiger partial charge in [-0.05, 0) is 17.7 Å². The Morgan fingerprint density at radius 3 is 2.50 bits per heavy atom. The van der Waals surface area contributed by atoms with Crippen LogP contribution in [0.4, 0.5) is 11.4 Å². The molecule has 7 heteroatoms. The number of nitrogens with zero attached hydrogens (tertiary/aromatic N) is 3. The molecule has 0 saturated carbocycles. The Morgan fingerprint density at radius 1 is 0.923 bits per heavy atom. The van der Waals surface area contributed by atoms with Crippen LogP contribution in [0.3, 0.4) is 0 Å². The van der Waals surface area contributed by atoms with Gasteiger partial charge in [0.15, 0.2) is 0 Å². The van der Waals surface area contributed by atoms with E-state index in [1.54, 1.807) is 10.0 Å². The summed E-state index contributed by atoms with van der Waals surface area (Å²) >= 11 is 0. The van der Waals surface area contributed by atoms with Crippen LogP contribution in [-0.2, 0) is 16.1 Å². The van der Waals surface area contributed by atoms with Gasteiger partial charge in [-0.15, -0.1) is 0 Å². The number of anilines is 2. The topological polar surface area (TPSA) is 67.9 Å². The number of hydrazine groups is 1. The number of carbonyl (C=O) groups excluding carboxylic acids is 2. The molecule has 1 unspecified atom stereocenters. The normalized spacial score (nSPS) is 22.4. The van der Waals surface area contributed by atoms with E-state index in [2.05, 4.69) is 27.7 Å². The molecule has 2 amide bonds. The van der Waals surface area contributed by atoms with E-state index >= 15 is 0 Å². The Hall–Kier alpha value is -2.90. The smallest absolute Gasteiger partial charge is 0.269 e. The Bertz CT molecular complexity index is 899. The molecule has 1 saturated heterocycles. The Morgan fingerprint density at radius 2 is 1.69 bits per heavy atom. The molecule has 1 fully saturated rings. The predicted octanol–water partition coefficient (Wildman–Crippen LogP) is 0.946. The molecule has 0 aliphatic carbocycles. The second-order valence-corrected chi connectivity index (χ2v) is 6.72. The van der Waals surface area contributed by atoms with Crippen molar-refractivity contribution in [1.29, 1.82) is 0 Å². The zero-order chi connectivity index (χ0) is 17.7. The van der Waals surface area contributed by atoms with Gasteiger partial charge in [0.25, 0.3) is 5.91 Å². The third-order valence-electron chi connectivity index (χ3n) is 5.18. The van der Waals surface area contributed by atoms with Gasteiger partial charge < -0.3 is 10.2 Å². The summed E-state index contributed by atoms with van der Waals surface area (Å²) in [5.74, 6) is -0.0927. The number of rotatable bonds is 2. The number of fused-ring (bicyclic) bond motifs is 2. The highest BCUT2D eigenvalue weighted by molar-refractivity contribution is 6.06. The van der Waals surface area contributed by atoms with E-state index in [1.165, 1.54) is 5.56 Å². The van der Waals surface area contributed by atoms with Crippen molar-refractivity contribution < 1.29 is 9.59 Å². The SMILES string of the molecule is O=C1CN(N2C(=O)C(N3CNCc4ccccc43)c3ccccc32)CN1. The Balaban J connectivity index is 1.58. The Labute approximate surface area is 151 Å². The summed E-state index contributed by atoms with van der Waals surface area (Å²) in [6.07, 6.45) is 0. The maximum absolute atomic E-state index is 13.4. The van der Waals surface area contributed by atoms with E-state index < -0.39 is 6.04 Å². The van der Waals surface area contributed by atoms with Gasteiger partial charge in [0.2, 0.25) is 5.91 Å². The summed E-state index contributed by atoms with van der Waals surface area (Å²) in [7, 11) is 0. The van der Waals surface area contributed by atoms with Gasteiger partial charge in [0.1, 0.15) is 6.04 Å². The molecule has 0 spiro atoms. The third-order valence-corrected chi connectivity index (χ3v) is 5.18. The standard InChI is InChI=1S/C19H19N5O2/c25-17-10-22(12-21-17)24-16-8-4-2-6-14(16)18(19(24)26)23-11-20-9-13-5-1-3-7-15(13)23/h1-8,18,20H,9-12H2,(H,21,25). The quantitative estimate of drug-likeness (QED) is 0.845. The van der Waals surface area contributed by atoms with Crippen LogP contribution in [0.5, 0.6) is 0 Å². The van der Waals surface area contributed by atoms with Crippen molar-refractivity contribution in [3.05, 3.63) is 59.7 Å². The van der Waals surface area contributed by atoms with Crippen molar-refractivity contribution in [1.82, 2.24) is 15.6 Å². The summed E-state index contributed by atoms with van der Waals surface area (Å²) in [6, 6.07) is 15.6. The molecule has 2 aromatic carbocycles. The summed E-state index contributed by atoms with van der Waals surface area (Å²) in [4.78, 5) is 27.2. The van der Waals surface area contributed by atoms with Gasteiger partial charge >= 0.3 is 0 Å². The fourth-order valence-electron chi connectivity index (χ4n) is 4.04. The van der Waals surface area contributed by atoms with E-state index in [9.17, 15) is 9.59 Å². The lowest BCUT2D eigenvalue weighted by Gasteiger charge is -2.36. The minimum Gasteiger partial charge on any atom is -0.342 e. The molecule has 0 aromatic heterocycles. The van der Waals surface area contributed by atoms with Gasteiger partial charge in [-0.25, -0.2) is 5.01 Å². The van der Waals surface area contributed by atoms with Crippen molar-refractivity contribution in [3.8, 4) is 0 Å². The molecule has 2 aromatic rings. The number of hydrogen-bond donors (Lipinski definition) is 2. The first-order chi connectivity index (χ1) is 12.7. The second-order valence-electron chi connectivity index (χ2n) is 6.72. The summed E-state index contributed by atoms with van der Waals surface area (Å²) in [5, 5.41) is 9.59. The van der Waals surface area contributed by atoms with Crippen LogP contribution in [0.25, 0.3) is 0 Å². The molecule has 3 aliphatic heterocycles. The molecule has 5 rings (SSSR count). The molecular formula is C19H19N5O2. The summed E-state index contributed by atoms with van der Waals surface area (Å²) < 4.78 is 0. The minimum absolute atomic E-state index is 0.0267.